The van der Waals surface area contributed by atoms with Gasteiger partial charge in [0.1, 0.15) is 5.82 Å². The van der Waals surface area contributed by atoms with Crippen LogP contribution in [0, 0.1) is 5.82 Å². The highest BCUT2D eigenvalue weighted by Crippen LogP contribution is 2.21. The molecule has 0 saturated heterocycles. The molecule has 0 saturated carbocycles. The van der Waals surface area contributed by atoms with Gasteiger partial charge in [-0.05, 0) is 36.6 Å². The van der Waals surface area contributed by atoms with Crippen molar-refractivity contribution in [3.63, 3.8) is 0 Å². The number of hydrogen-bond donors (Lipinski definition) is 1. The number of nitrogens with one attached hydrogen (secondary N) is 1. The zero-order valence-corrected chi connectivity index (χ0v) is 13.0. The van der Waals surface area contributed by atoms with Crippen molar-refractivity contribution in [2.75, 3.05) is 6.54 Å². The summed E-state index contributed by atoms with van der Waals surface area (Å²) >= 11 is 0. The minimum absolute atomic E-state index is 0.187. The molecule has 0 radical (unpaired) electrons. The Morgan fingerprint density at radius 3 is 2.52 bits per heavy atom. The van der Waals surface area contributed by atoms with Gasteiger partial charge in [-0.2, -0.15) is 5.10 Å². The summed E-state index contributed by atoms with van der Waals surface area (Å²) in [5.41, 5.74) is 2.38. The number of aromatic nitrogens is 2. The maximum absolute atomic E-state index is 13.1. The third-order valence-electron chi connectivity index (χ3n) is 3.61. The van der Waals surface area contributed by atoms with Gasteiger partial charge in [-0.15, -0.1) is 0 Å². The minimum atomic E-state index is -0.187. The molecule has 1 atom stereocenters. The number of nitrogens with zero attached hydrogens (tertiary/aromatic N) is 2. The van der Waals surface area contributed by atoms with Gasteiger partial charge in [0.25, 0.3) is 0 Å². The normalized spacial score (nSPS) is 12.8. The lowest BCUT2D eigenvalue weighted by atomic mass is 9.93. The van der Waals surface area contributed by atoms with Crippen LogP contribution in [0.2, 0.25) is 0 Å². The van der Waals surface area contributed by atoms with Gasteiger partial charge in [0.15, 0.2) is 0 Å². The lowest BCUT2D eigenvalue weighted by molar-refractivity contribution is 0.525. The van der Waals surface area contributed by atoms with E-state index in [1.54, 1.807) is 0 Å². The van der Waals surface area contributed by atoms with Crippen LogP contribution in [0.5, 0.6) is 0 Å². The molecule has 1 heterocycles. The van der Waals surface area contributed by atoms with Crippen molar-refractivity contribution in [1.29, 1.82) is 0 Å². The van der Waals surface area contributed by atoms with E-state index < -0.39 is 0 Å². The van der Waals surface area contributed by atoms with Gasteiger partial charge in [0.05, 0.1) is 6.20 Å². The van der Waals surface area contributed by atoms with Crippen molar-refractivity contribution < 1.29 is 4.39 Å². The van der Waals surface area contributed by atoms with Gasteiger partial charge >= 0.3 is 0 Å². The molecule has 1 N–H and O–H groups in total. The summed E-state index contributed by atoms with van der Waals surface area (Å²) in [5, 5.41) is 7.81. The Balaban J connectivity index is 2.12. The Morgan fingerprint density at radius 2 is 1.95 bits per heavy atom. The topological polar surface area (TPSA) is 29.9 Å². The summed E-state index contributed by atoms with van der Waals surface area (Å²) < 4.78 is 15.0. The fourth-order valence-corrected chi connectivity index (χ4v) is 2.39. The summed E-state index contributed by atoms with van der Waals surface area (Å²) in [6.07, 6.45) is 4.92. The van der Waals surface area contributed by atoms with Gasteiger partial charge in [0.2, 0.25) is 0 Å². The van der Waals surface area contributed by atoms with E-state index in [0.29, 0.717) is 12.0 Å². The smallest absolute Gasteiger partial charge is 0.123 e. The van der Waals surface area contributed by atoms with Gasteiger partial charge in [-0.25, -0.2) is 4.39 Å². The lowest BCUT2D eigenvalue weighted by Gasteiger charge is -2.19. The Bertz CT molecular complexity index is 545. The monoisotopic (exact) mass is 289 g/mol. The Morgan fingerprint density at radius 1 is 1.24 bits per heavy atom. The van der Waals surface area contributed by atoms with Crippen molar-refractivity contribution in [2.45, 2.75) is 45.7 Å². The highest BCUT2D eigenvalue weighted by molar-refractivity contribution is 5.23. The molecule has 0 amide bonds. The predicted octanol–water partition coefficient (Wildman–Crippen LogP) is 3.37. The van der Waals surface area contributed by atoms with E-state index in [4.69, 9.17) is 0 Å². The van der Waals surface area contributed by atoms with E-state index in [9.17, 15) is 4.39 Å². The van der Waals surface area contributed by atoms with E-state index in [1.807, 2.05) is 23.0 Å². The van der Waals surface area contributed by atoms with Crippen LogP contribution in [0.4, 0.5) is 4.39 Å². The van der Waals surface area contributed by atoms with Crippen LogP contribution in [-0.2, 0) is 13.0 Å². The molecule has 2 rings (SSSR count). The molecule has 1 aromatic heterocycles. The van der Waals surface area contributed by atoms with E-state index in [1.165, 1.54) is 17.7 Å². The molecule has 0 spiro atoms. The standard InChI is InChI=1S/C17H24FN3/c1-4-21-12-14(10-20-21)9-16(11-19-13(2)3)15-5-7-17(18)8-6-15/h5-8,10,12-13,16,19H,4,9,11H2,1-3H3. The van der Waals surface area contributed by atoms with E-state index in [2.05, 4.69) is 37.4 Å². The Kier molecular flexibility index (Phi) is 5.51. The SMILES string of the molecule is CCn1cc(CC(CNC(C)C)c2ccc(F)cc2)cn1. The third-order valence-corrected chi connectivity index (χ3v) is 3.61. The molecule has 21 heavy (non-hydrogen) atoms. The van der Waals surface area contributed by atoms with E-state index in [-0.39, 0.29) is 5.82 Å². The van der Waals surface area contributed by atoms with Gasteiger partial charge in [-0.1, -0.05) is 26.0 Å². The van der Waals surface area contributed by atoms with Gasteiger partial charge < -0.3 is 5.32 Å². The second-order valence-corrected chi connectivity index (χ2v) is 5.72. The van der Waals surface area contributed by atoms with Crippen molar-refractivity contribution in [3.8, 4) is 0 Å². The molecule has 0 bridgehead atoms. The van der Waals surface area contributed by atoms with Crippen LogP contribution in [0.25, 0.3) is 0 Å². The van der Waals surface area contributed by atoms with Crippen LogP contribution in [0.3, 0.4) is 0 Å². The van der Waals surface area contributed by atoms with Crippen LogP contribution in [0.15, 0.2) is 36.7 Å². The summed E-state index contributed by atoms with van der Waals surface area (Å²) in [7, 11) is 0. The zero-order chi connectivity index (χ0) is 15.2. The summed E-state index contributed by atoms with van der Waals surface area (Å²) in [6, 6.07) is 7.27. The number of halogens is 1. The molecule has 0 fully saturated rings. The van der Waals surface area contributed by atoms with Crippen LogP contribution in [-0.4, -0.2) is 22.4 Å². The molecule has 2 aromatic rings. The van der Waals surface area contributed by atoms with Gasteiger partial charge in [-0.3, -0.25) is 4.68 Å². The van der Waals surface area contributed by atoms with Crippen LogP contribution < -0.4 is 5.32 Å². The van der Waals surface area contributed by atoms with E-state index >= 15 is 0 Å². The molecule has 1 unspecified atom stereocenters. The predicted molar refractivity (Wildman–Crippen MR) is 83.9 cm³/mol. The highest BCUT2D eigenvalue weighted by Gasteiger charge is 2.14. The molecule has 114 valence electrons. The van der Waals surface area contributed by atoms with Crippen molar-refractivity contribution in [3.05, 3.63) is 53.6 Å². The first-order valence-electron chi connectivity index (χ1n) is 7.58. The molecule has 0 aliphatic heterocycles. The number of aryl methyl sites for hydroxylation is 1. The zero-order valence-electron chi connectivity index (χ0n) is 13.0. The quantitative estimate of drug-likeness (QED) is 0.847. The first-order valence-corrected chi connectivity index (χ1v) is 7.58. The van der Waals surface area contributed by atoms with Gasteiger partial charge in [0, 0.05) is 31.2 Å². The second-order valence-electron chi connectivity index (χ2n) is 5.72. The molecular formula is C17H24FN3. The second kappa shape index (κ2) is 7.36. The minimum Gasteiger partial charge on any atom is -0.314 e. The Labute approximate surface area is 126 Å². The van der Waals surface area contributed by atoms with Crippen molar-refractivity contribution in [1.82, 2.24) is 15.1 Å². The highest BCUT2D eigenvalue weighted by atomic mass is 19.1. The number of rotatable bonds is 7. The Hall–Kier alpha value is -1.68. The average Bonchev–Trinajstić information content (AvgIpc) is 2.92. The molecule has 4 heteroatoms. The first-order chi connectivity index (χ1) is 10.1. The summed E-state index contributed by atoms with van der Waals surface area (Å²) in [5.74, 6) is 0.135. The fourth-order valence-electron chi connectivity index (χ4n) is 2.39. The van der Waals surface area contributed by atoms with Crippen LogP contribution in [0.1, 0.15) is 37.8 Å². The molecule has 0 aliphatic carbocycles. The van der Waals surface area contributed by atoms with Crippen molar-refractivity contribution >= 4 is 0 Å². The lowest BCUT2D eigenvalue weighted by Crippen LogP contribution is -2.28. The first kappa shape index (κ1) is 15.7. The molecule has 1 aromatic carbocycles. The maximum atomic E-state index is 13.1. The molecular weight excluding hydrogens is 265 g/mol. The summed E-state index contributed by atoms with van der Waals surface area (Å²) in [4.78, 5) is 0. The maximum Gasteiger partial charge on any atom is 0.123 e. The average molecular weight is 289 g/mol. The number of hydrogen-bond acceptors (Lipinski definition) is 2. The molecule has 3 nitrogen and oxygen atoms in total. The fraction of sp³-hybridized carbons (Fsp3) is 0.471. The van der Waals surface area contributed by atoms with Crippen LogP contribution >= 0.6 is 0 Å². The summed E-state index contributed by atoms with van der Waals surface area (Å²) in [6.45, 7) is 8.11. The van der Waals surface area contributed by atoms with Crippen molar-refractivity contribution in [2.24, 2.45) is 0 Å². The largest absolute Gasteiger partial charge is 0.314 e. The molecule has 0 aliphatic rings. The number of benzene rings is 1. The third kappa shape index (κ3) is 4.67. The van der Waals surface area contributed by atoms with E-state index in [0.717, 1.165) is 25.1 Å².